The number of hydrogen-bond donors (Lipinski definition) is 2. The van der Waals surface area contributed by atoms with E-state index < -0.39 is 0 Å². The molecular formula is C11H14N6O. The van der Waals surface area contributed by atoms with Crippen LogP contribution in [0.1, 0.15) is 17.4 Å². The van der Waals surface area contributed by atoms with E-state index >= 15 is 0 Å². The molecular weight excluding hydrogens is 232 g/mol. The Morgan fingerprint density at radius 1 is 1.28 bits per heavy atom. The molecule has 0 aliphatic heterocycles. The first-order chi connectivity index (χ1) is 8.69. The van der Waals surface area contributed by atoms with Gasteiger partial charge in [-0.15, -0.1) is 10.2 Å². The Kier molecular flexibility index (Phi) is 3.52. The molecule has 2 aromatic heterocycles. The third-order valence-corrected chi connectivity index (χ3v) is 2.21. The number of aryl methyl sites for hydroxylation is 1. The molecule has 0 aromatic carbocycles. The van der Waals surface area contributed by atoms with Gasteiger partial charge in [0.15, 0.2) is 11.5 Å². The van der Waals surface area contributed by atoms with Crippen LogP contribution >= 0.6 is 0 Å². The van der Waals surface area contributed by atoms with E-state index in [2.05, 4.69) is 25.9 Å². The molecule has 0 unspecified atom stereocenters. The fourth-order valence-corrected chi connectivity index (χ4v) is 1.39. The average molecular weight is 246 g/mol. The fourth-order valence-electron chi connectivity index (χ4n) is 1.39. The Morgan fingerprint density at radius 2 is 2.11 bits per heavy atom. The SMILES string of the molecule is CCNc1ccc(C(=O)Nc2ccn(C)n2)nn1. The minimum absolute atomic E-state index is 0.252. The molecule has 7 heteroatoms. The van der Waals surface area contributed by atoms with Crippen LogP contribution < -0.4 is 10.6 Å². The smallest absolute Gasteiger partial charge is 0.277 e. The van der Waals surface area contributed by atoms with Gasteiger partial charge in [-0.2, -0.15) is 5.10 Å². The molecule has 0 saturated carbocycles. The molecule has 0 spiro atoms. The van der Waals surface area contributed by atoms with Crippen LogP contribution in [0.2, 0.25) is 0 Å². The highest BCUT2D eigenvalue weighted by atomic mass is 16.2. The van der Waals surface area contributed by atoms with Gasteiger partial charge in [0, 0.05) is 25.9 Å². The Bertz CT molecular complexity index is 533. The van der Waals surface area contributed by atoms with Gasteiger partial charge in [0.2, 0.25) is 0 Å². The maximum absolute atomic E-state index is 11.8. The number of nitrogens with zero attached hydrogens (tertiary/aromatic N) is 4. The quantitative estimate of drug-likeness (QED) is 0.837. The number of hydrogen-bond acceptors (Lipinski definition) is 5. The van der Waals surface area contributed by atoms with Gasteiger partial charge >= 0.3 is 0 Å². The van der Waals surface area contributed by atoms with E-state index in [0.717, 1.165) is 6.54 Å². The number of carbonyl (C=O) groups is 1. The van der Waals surface area contributed by atoms with Crippen molar-refractivity contribution in [1.82, 2.24) is 20.0 Å². The highest BCUT2D eigenvalue weighted by Gasteiger charge is 2.09. The van der Waals surface area contributed by atoms with E-state index in [9.17, 15) is 4.79 Å². The molecule has 0 radical (unpaired) electrons. The van der Waals surface area contributed by atoms with Crippen LogP contribution in [-0.4, -0.2) is 32.4 Å². The van der Waals surface area contributed by atoms with Crippen molar-refractivity contribution in [1.29, 1.82) is 0 Å². The highest BCUT2D eigenvalue weighted by molar-refractivity contribution is 6.02. The summed E-state index contributed by atoms with van der Waals surface area (Å²) in [5.41, 5.74) is 0.252. The molecule has 0 aliphatic rings. The fraction of sp³-hybridized carbons (Fsp3) is 0.273. The molecule has 0 saturated heterocycles. The molecule has 1 amide bonds. The summed E-state index contributed by atoms with van der Waals surface area (Å²) in [4.78, 5) is 11.8. The number of carbonyl (C=O) groups excluding carboxylic acids is 1. The summed E-state index contributed by atoms with van der Waals surface area (Å²) in [6.45, 7) is 2.72. The van der Waals surface area contributed by atoms with Crippen molar-refractivity contribution in [3.8, 4) is 0 Å². The normalized spacial score (nSPS) is 10.1. The summed E-state index contributed by atoms with van der Waals surface area (Å²) in [6.07, 6.45) is 1.75. The van der Waals surface area contributed by atoms with Crippen molar-refractivity contribution >= 4 is 17.5 Å². The summed E-state index contributed by atoms with van der Waals surface area (Å²) in [6, 6.07) is 5.03. The highest BCUT2D eigenvalue weighted by Crippen LogP contribution is 2.05. The third-order valence-electron chi connectivity index (χ3n) is 2.21. The lowest BCUT2D eigenvalue weighted by molar-refractivity contribution is 0.102. The number of anilines is 2. The Balaban J connectivity index is 2.04. The van der Waals surface area contributed by atoms with Crippen LogP contribution in [-0.2, 0) is 7.05 Å². The third kappa shape index (κ3) is 2.82. The molecule has 7 nitrogen and oxygen atoms in total. The zero-order valence-electron chi connectivity index (χ0n) is 10.2. The Morgan fingerprint density at radius 3 is 2.67 bits per heavy atom. The molecule has 18 heavy (non-hydrogen) atoms. The van der Waals surface area contributed by atoms with Crippen molar-refractivity contribution in [2.24, 2.45) is 7.05 Å². The standard InChI is InChI=1S/C11H14N6O/c1-3-12-9-5-4-8(14-15-9)11(18)13-10-6-7-17(2)16-10/h4-7H,3H2,1-2H3,(H,12,15)(H,13,16,18). The molecule has 2 aromatic rings. The molecule has 2 heterocycles. The summed E-state index contributed by atoms with van der Waals surface area (Å²) in [5.74, 6) is 0.802. The summed E-state index contributed by atoms with van der Waals surface area (Å²) in [5, 5.41) is 17.4. The van der Waals surface area contributed by atoms with Crippen molar-refractivity contribution in [2.75, 3.05) is 17.2 Å². The van der Waals surface area contributed by atoms with Gasteiger partial charge in [-0.05, 0) is 19.1 Å². The molecule has 0 atom stereocenters. The van der Waals surface area contributed by atoms with Crippen molar-refractivity contribution < 1.29 is 4.79 Å². The van der Waals surface area contributed by atoms with Crippen LogP contribution in [0, 0.1) is 0 Å². The van der Waals surface area contributed by atoms with Gasteiger partial charge in [0.25, 0.3) is 5.91 Å². The average Bonchev–Trinajstić information content (AvgIpc) is 2.76. The first kappa shape index (κ1) is 12.0. The van der Waals surface area contributed by atoms with Gasteiger partial charge in [-0.25, -0.2) is 0 Å². The zero-order chi connectivity index (χ0) is 13.0. The van der Waals surface area contributed by atoms with E-state index in [4.69, 9.17) is 0 Å². The lowest BCUT2D eigenvalue weighted by Crippen LogP contribution is -2.15. The van der Waals surface area contributed by atoms with Crippen LogP contribution in [0.5, 0.6) is 0 Å². The molecule has 0 bridgehead atoms. The molecule has 2 N–H and O–H groups in total. The summed E-state index contributed by atoms with van der Waals surface area (Å²) in [7, 11) is 1.78. The first-order valence-electron chi connectivity index (χ1n) is 5.57. The molecule has 0 aliphatic carbocycles. The Hall–Kier alpha value is -2.44. The second-order valence-corrected chi connectivity index (χ2v) is 3.66. The number of aromatic nitrogens is 4. The van der Waals surface area contributed by atoms with E-state index in [1.807, 2.05) is 6.92 Å². The molecule has 2 rings (SSSR count). The predicted octanol–water partition coefficient (Wildman–Crippen LogP) is 0.894. The monoisotopic (exact) mass is 246 g/mol. The molecule has 0 fully saturated rings. The molecule has 94 valence electrons. The summed E-state index contributed by atoms with van der Waals surface area (Å²) >= 11 is 0. The van der Waals surface area contributed by atoms with Gasteiger partial charge in [-0.1, -0.05) is 0 Å². The minimum Gasteiger partial charge on any atom is -0.369 e. The number of amides is 1. The van der Waals surface area contributed by atoms with Crippen LogP contribution in [0.4, 0.5) is 11.6 Å². The van der Waals surface area contributed by atoms with E-state index in [1.165, 1.54) is 0 Å². The van der Waals surface area contributed by atoms with Crippen molar-refractivity contribution in [3.05, 3.63) is 30.1 Å². The lowest BCUT2D eigenvalue weighted by Gasteiger charge is -2.03. The maximum atomic E-state index is 11.8. The zero-order valence-corrected chi connectivity index (χ0v) is 10.2. The van der Waals surface area contributed by atoms with Crippen LogP contribution in [0.25, 0.3) is 0 Å². The topological polar surface area (TPSA) is 84.7 Å². The van der Waals surface area contributed by atoms with Crippen molar-refractivity contribution in [2.45, 2.75) is 6.92 Å². The van der Waals surface area contributed by atoms with Crippen LogP contribution in [0.15, 0.2) is 24.4 Å². The second-order valence-electron chi connectivity index (χ2n) is 3.66. The van der Waals surface area contributed by atoms with Crippen molar-refractivity contribution in [3.63, 3.8) is 0 Å². The number of nitrogens with one attached hydrogen (secondary N) is 2. The van der Waals surface area contributed by atoms with Gasteiger partial charge < -0.3 is 10.6 Å². The summed E-state index contributed by atoms with van der Waals surface area (Å²) < 4.78 is 1.61. The maximum Gasteiger partial charge on any atom is 0.277 e. The number of rotatable bonds is 4. The predicted molar refractivity (Wildman–Crippen MR) is 67.4 cm³/mol. The lowest BCUT2D eigenvalue weighted by atomic mass is 10.3. The largest absolute Gasteiger partial charge is 0.369 e. The first-order valence-corrected chi connectivity index (χ1v) is 5.57. The van der Waals surface area contributed by atoms with Gasteiger partial charge in [0.1, 0.15) is 5.82 Å². The van der Waals surface area contributed by atoms with E-state index in [-0.39, 0.29) is 11.6 Å². The van der Waals surface area contributed by atoms with Gasteiger partial charge in [-0.3, -0.25) is 9.48 Å². The van der Waals surface area contributed by atoms with E-state index in [1.54, 1.807) is 36.1 Å². The minimum atomic E-state index is -0.329. The second kappa shape index (κ2) is 5.26. The van der Waals surface area contributed by atoms with E-state index in [0.29, 0.717) is 11.6 Å². The van der Waals surface area contributed by atoms with Gasteiger partial charge in [0.05, 0.1) is 0 Å². The van der Waals surface area contributed by atoms with Crippen LogP contribution in [0.3, 0.4) is 0 Å². The Labute approximate surface area is 104 Å².